The normalized spacial score (nSPS) is 16.6. The van der Waals surface area contributed by atoms with E-state index in [0.717, 1.165) is 55.3 Å². The number of rotatable bonds is 7. The first-order chi connectivity index (χ1) is 9.64. The average molecular weight is 278 g/mol. The van der Waals surface area contributed by atoms with E-state index < -0.39 is 0 Å². The molecule has 1 aromatic rings. The van der Waals surface area contributed by atoms with Crippen LogP contribution in [0.5, 0.6) is 0 Å². The lowest BCUT2D eigenvalue weighted by molar-refractivity contribution is 0.143. The first-order valence-electron chi connectivity index (χ1n) is 7.64. The summed E-state index contributed by atoms with van der Waals surface area (Å²) in [6, 6.07) is 0. The number of aromatic nitrogens is 2. The molecule has 0 bridgehead atoms. The van der Waals surface area contributed by atoms with Crippen molar-refractivity contribution < 1.29 is 5.11 Å². The van der Waals surface area contributed by atoms with E-state index in [2.05, 4.69) is 34.4 Å². The van der Waals surface area contributed by atoms with Gasteiger partial charge in [0, 0.05) is 18.5 Å². The Morgan fingerprint density at radius 2 is 1.90 bits per heavy atom. The Morgan fingerprint density at radius 3 is 2.40 bits per heavy atom. The molecule has 0 atom stereocenters. The van der Waals surface area contributed by atoms with E-state index in [1.807, 2.05) is 6.92 Å². The van der Waals surface area contributed by atoms with Crippen LogP contribution in [-0.4, -0.2) is 33.8 Å². The monoisotopic (exact) mass is 278 g/mol. The summed E-state index contributed by atoms with van der Waals surface area (Å²) in [5, 5.41) is 16.4. The summed E-state index contributed by atoms with van der Waals surface area (Å²) >= 11 is 0. The molecule has 5 nitrogen and oxygen atoms in total. The van der Waals surface area contributed by atoms with Crippen LogP contribution in [0.3, 0.4) is 0 Å². The summed E-state index contributed by atoms with van der Waals surface area (Å²) in [6.45, 7) is 7.23. The fourth-order valence-corrected chi connectivity index (χ4v) is 2.54. The van der Waals surface area contributed by atoms with Crippen LogP contribution in [-0.2, 0) is 6.42 Å². The molecular weight excluding hydrogens is 252 g/mol. The van der Waals surface area contributed by atoms with Crippen molar-refractivity contribution >= 4 is 11.6 Å². The third-order valence-electron chi connectivity index (χ3n) is 4.01. The van der Waals surface area contributed by atoms with E-state index in [0.29, 0.717) is 0 Å². The van der Waals surface area contributed by atoms with Crippen molar-refractivity contribution in [3.05, 3.63) is 11.4 Å². The Bertz CT molecular complexity index is 452. The zero-order chi connectivity index (χ0) is 14.6. The van der Waals surface area contributed by atoms with E-state index in [-0.39, 0.29) is 12.1 Å². The number of hydrogen-bond acceptors (Lipinski definition) is 5. The van der Waals surface area contributed by atoms with E-state index in [9.17, 15) is 5.11 Å². The van der Waals surface area contributed by atoms with Crippen molar-refractivity contribution in [2.24, 2.45) is 0 Å². The molecule has 1 aliphatic rings. The highest BCUT2D eigenvalue weighted by molar-refractivity contribution is 5.58. The second-order valence-corrected chi connectivity index (χ2v) is 5.66. The molecule has 0 aromatic carbocycles. The second kappa shape index (κ2) is 6.39. The molecule has 0 amide bonds. The predicted octanol–water partition coefficient (Wildman–Crippen LogP) is 2.50. The number of nitrogens with zero attached hydrogens (tertiary/aromatic N) is 2. The summed E-state index contributed by atoms with van der Waals surface area (Å²) in [6.07, 6.45) is 5.08. The van der Waals surface area contributed by atoms with Gasteiger partial charge in [0.25, 0.3) is 0 Å². The number of aliphatic hydroxyl groups is 1. The number of anilines is 2. The molecule has 1 heterocycles. The molecule has 1 fully saturated rings. The minimum absolute atomic E-state index is 0.163. The molecular formula is C15H26N4O. The largest absolute Gasteiger partial charge is 0.394 e. The van der Waals surface area contributed by atoms with E-state index in [1.54, 1.807) is 0 Å². The van der Waals surface area contributed by atoms with Crippen LogP contribution in [0.4, 0.5) is 11.6 Å². The van der Waals surface area contributed by atoms with Crippen LogP contribution in [0.15, 0.2) is 0 Å². The fourth-order valence-electron chi connectivity index (χ4n) is 2.54. The molecule has 5 heteroatoms. The maximum absolute atomic E-state index is 9.61. The van der Waals surface area contributed by atoms with Gasteiger partial charge in [-0.3, -0.25) is 0 Å². The van der Waals surface area contributed by atoms with Gasteiger partial charge in [-0.2, -0.15) is 0 Å². The first-order valence-corrected chi connectivity index (χ1v) is 7.64. The molecule has 1 aliphatic carbocycles. The van der Waals surface area contributed by atoms with Gasteiger partial charge in [0.15, 0.2) is 0 Å². The summed E-state index contributed by atoms with van der Waals surface area (Å²) in [5.74, 6) is 2.64. The number of aliphatic hydroxyl groups excluding tert-OH is 1. The fraction of sp³-hybridized carbons (Fsp3) is 0.733. The van der Waals surface area contributed by atoms with E-state index >= 15 is 0 Å². The van der Waals surface area contributed by atoms with Crippen LogP contribution in [0.25, 0.3) is 0 Å². The van der Waals surface area contributed by atoms with Gasteiger partial charge in [-0.05, 0) is 39.5 Å². The highest BCUT2D eigenvalue weighted by atomic mass is 16.3. The maximum atomic E-state index is 9.61. The molecule has 1 aromatic heterocycles. The Morgan fingerprint density at radius 1 is 1.20 bits per heavy atom. The maximum Gasteiger partial charge on any atom is 0.135 e. The SMILES string of the molecule is CCCc1nc(NCC)c(C)c(NC2(CO)CCC2)n1. The Balaban J connectivity index is 2.29. The topological polar surface area (TPSA) is 70.1 Å². The molecule has 0 spiro atoms. The van der Waals surface area contributed by atoms with Crippen LogP contribution in [0, 0.1) is 6.92 Å². The van der Waals surface area contributed by atoms with Crippen LogP contribution >= 0.6 is 0 Å². The van der Waals surface area contributed by atoms with Crippen LogP contribution < -0.4 is 10.6 Å². The smallest absolute Gasteiger partial charge is 0.135 e. The van der Waals surface area contributed by atoms with Crippen molar-refractivity contribution in [2.75, 3.05) is 23.8 Å². The van der Waals surface area contributed by atoms with Gasteiger partial charge in [0.05, 0.1) is 12.1 Å². The van der Waals surface area contributed by atoms with Gasteiger partial charge >= 0.3 is 0 Å². The lowest BCUT2D eigenvalue weighted by Crippen LogP contribution is -2.48. The highest BCUT2D eigenvalue weighted by Crippen LogP contribution is 2.36. The standard InChI is InChI=1S/C15H26N4O/c1-4-7-12-17-13(16-5-2)11(3)14(18-12)19-15(10-20)8-6-9-15/h20H,4-10H2,1-3H3,(H2,16,17,18,19). The minimum Gasteiger partial charge on any atom is -0.394 e. The third kappa shape index (κ3) is 3.03. The molecule has 112 valence electrons. The van der Waals surface area contributed by atoms with Crippen molar-refractivity contribution in [3.8, 4) is 0 Å². The molecule has 3 N–H and O–H groups in total. The van der Waals surface area contributed by atoms with Crippen molar-refractivity contribution in [1.82, 2.24) is 9.97 Å². The lowest BCUT2D eigenvalue weighted by Gasteiger charge is -2.41. The number of aryl methyl sites for hydroxylation is 1. The molecule has 0 radical (unpaired) electrons. The zero-order valence-electron chi connectivity index (χ0n) is 12.8. The molecule has 0 saturated heterocycles. The van der Waals surface area contributed by atoms with Crippen molar-refractivity contribution in [2.45, 2.75) is 58.4 Å². The summed E-state index contributed by atoms with van der Waals surface area (Å²) in [7, 11) is 0. The Kier molecular flexibility index (Phi) is 4.81. The van der Waals surface area contributed by atoms with Crippen LogP contribution in [0.2, 0.25) is 0 Å². The number of nitrogens with one attached hydrogen (secondary N) is 2. The van der Waals surface area contributed by atoms with Crippen LogP contribution in [0.1, 0.15) is 50.9 Å². The van der Waals surface area contributed by atoms with Gasteiger partial charge in [0.1, 0.15) is 17.5 Å². The molecule has 0 unspecified atom stereocenters. The average Bonchev–Trinajstić information content (AvgIpc) is 2.39. The highest BCUT2D eigenvalue weighted by Gasteiger charge is 2.37. The summed E-state index contributed by atoms with van der Waals surface area (Å²) in [5.41, 5.74) is 0.859. The number of hydrogen-bond donors (Lipinski definition) is 3. The van der Waals surface area contributed by atoms with Crippen molar-refractivity contribution in [3.63, 3.8) is 0 Å². The molecule has 20 heavy (non-hydrogen) atoms. The predicted molar refractivity (Wildman–Crippen MR) is 82.2 cm³/mol. The van der Waals surface area contributed by atoms with E-state index in [1.165, 1.54) is 6.42 Å². The van der Waals surface area contributed by atoms with Gasteiger partial charge < -0.3 is 15.7 Å². The lowest BCUT2D eigenvalue weighted by atomic mass is 9.77. The Labute approximate surface area is 121 Å². The van der Waals surface area contributed by atoms with Gasteiger partial charge in [-0.15, -0.1) is 0 Å². The quantitative estimate of drug-likeness (QED) is 0.715. The zero-order valence-corrected chi connectivity index (χ0v) is 12.8. The molecule has 1 saturated carbocycles. The van der Waals surface area contributed by atoms with Gasteiger partial charge in [-0.1, -0.05) is 6.92 Å². The third-order valence-corrected chi connectivity index (χ3v) is 4.01. The molecule has 0 aliphatic heterocycles. The van der Waals surface area contributed by atoms with E-state index in [4.69, 9.17) is 0 Å². The Hall–Kier alpha value is -1.36. The van der Waals surface area contributed by atoms with Gasteiger partial charge in [0.2, 0.25) is 0 Å². The first kappa shape index (κ1) is 15.0. The summed E-state index contributed by atoms with van der Waals surface area (Å²) in [4.78, 5) is 9.23. The van der Waals surface area contributed by atoms with Gasteiger partial charge in [-0.25, -0.2) is 9.97 Å². The second-order valence-electron chi connectivity index (χ2n) is 5.66. The summed E-state index contributed by atoms with van der Waals surface area (Å²) < 4.78 is 0. The van der Waals surface area contributed by atoms with Crippen molar-refractivity contribution in [1.29, 1.82) is 0 Å². The molecule has 2 rings (SSSR count). The minimum atomic E-state index is -0.175.